The molecule has 1 aromatic carbocycles. The molecule has 4 heteroatoms. The Morgan fingerprint density at radius 2 is 2.00 bits per heavy atom. The van der Waals surface area contributed by atoms with E-state index in [2.05, 4.69) is 4.98 Å². The molecule has 0 aliphatic carbocycles. The molecule has 0 atom stereocenters. The van der Waals surface area contributed by atoms with Crippen LogP contribution in [-0.2, 0) is 4.74 Å². The lowest BCUT2D eigenvalue weighted by Gasteiger charge is -2.06. The molecule has 0 bridgehead atoms. The lowest BCUT2D eigenvalue weighted by molar-refractivity contribution is 0.0519. The summed E-state index contributed by atoms with van der Waals surface area (Å²) in [6, 6.07) is 14.7. The van der Waals surface area contributed by atoms with E-state index in [0.717, 1.165) is 5.56 Å². The maximum absolute atomic E-state index is 11.8. The Hall–Kier alpha value is -2.67. The van der Waals surface area contributed by atoms with Gasteiger partial charge in [-0.25, -0.2) is 9.78 Å². The van der Waals surface area contributed by atoms with E-state index in [-0.39, 0.29) is 17.9 Å². The molecule has 1 heterocycles. The second-order valence-electron chi connectivity index (χ2n) is 3.79. The molecule has 4 nitrogen and oxygen atoms in total. The van der Waals surface area contributed by atoms with Crippen molar-refractivity contribution in [2.75, 3.05) is 6.61 Å². The number of benzene rings is 1. The first-order valence-electron chi connectivity index (χ1n) is 5.90. The van der Waals surface area contributed by atoms with E-state index in [1.54, 1.807) is 19.1 Å². The fraction of sp³-hybridized carbons (Fsp3) is 0.133. The zero-order chi connectivity index (χ0) is 13.7. The first kappa shape index (κ1) is 12.8. The average molecular weight is 252 g/mol. The molecular formula is C15H12N2O2. The first-order chi connectivity index (χ1) is 9.26. The van der Waals surface area contributed by atoms with Gasteiger partial charge in [0.05, 0.1) is 17.9 Å². The van der Waals surface area contributed by atoms with Crippen LogP contribution in [0.2, 0.25) is 0 Å². The highest BCUT2D eigenvalue weighted by Crippen LogP contribution is 2.19. The summed E-state index contributed by atoms with van der Waals surface area (Å²) in [6.07, 6.45) is 0. The molecule has 2 aromatic rings. The van der Waals surface area contributed by atoms with Crippen LogP contribution in [-0.4, -0.2) is 17.6 Å². The average Bonchev–Trinajstić information content (AvgIpc) is 2.47. The van der Waals surface area contributed by atoms with E-state index >= 15 is 0 Å². The maximum atomic E-state index is 11.8. The molecule has 1 aromatic heterocycles. The molecule has 0 aliphatic heterocycles. The molecule has 0 radical (unpaired) electrons. The van der Waals surface area contributed by atoms with Gasteiger partial charge in [0.1, 0.15) is 6.07 Å². The number of aromatic nitrogens is 1. The number of pyridine rings is 1. The molecule has 0 fully saturated rings. The molecule has 19 heavy (non-hydrogen) atoms. The molecule has 0 unspecified atom stereocenters. The number of carbonyl (C=O) groups is 1. The van der Waals surface area contributed by atoms with Gasteiger partial charge >= 0.3 is 5.97 Å². The summed E-state index contributed by atoms with van der Waals surface area (Å²) in [6.45, 7) is 1.96. The fourth-order valence-electron chi connectivity index (χ4n) is 1.67. The third kappa shape index (κ3) is 2.78. The van der Waals surface area contributed by atoms with Crippen molar-refractivity contribution in [3.05, 3.63) is 53.7 Å². The van der Waals surface area contributed by atoms with Crippen LogP contribution in [0.1, 0.15) is 23.0 Å². The number of nitrogens with zero attached hydrogens (tertiary/aromatic N) is 2. The van der Waals surface area contributed by atoms with Gasteiger partial charge < -0.3 is 4.74 Å². The highest BCUT2D eigenvalue weighted by molar-refractivity contribution is 5.90. The maximum Gasteiger partial charge on any atom is 0.358 e. The number of carbonyl (C=O) groups excluding carboxylic acids is 1. The zero-order valence-corrected chi connectivity index (χ0v) is 10.5. The lowest BCUT2D eigenvalue weighted by Crippen LogP contribution is -2.10. The van der Waals surface area contributed by atoms with E-state index < -0.39 is 5.97 Å². The molecule has 0 saturated carbocycles. The standard InChI is InChI=1S/C15H12N2O2/c1-2-19-15(18)14-12(10-16)8-9-13(17-14)11-6-4-3-5-7-11/h3-9H,2H2,1H3. The first-order valence-corrected chi connectivity index (χ1v) is 5.90. The molecule has 0 amide bonds. The monoisotopic (exact) mass is 252 g/mol. The summed E-state index contributed by atoms with van der Waals surface area (Å²) < 4.78 is 4.91. The minimum absolute atomic E-state index is 0.0608. The third-order valence-electron chi connectivity index (χ3n) is 2.55. The van der Waals surface area contributed by atoms with Gasteiger partial charge in [0.25, 0.3) is 0 Å². The van der Waals surface area contributed by atoms with Crippen molar-refractivity contribution < 1.29 is 9.53 Å². The number of esters is 1. The highest BCUT2D eigenvalue weighted by atomic mass is 16.5. The van der Waals surface area contributed by atoms with Crippen LogP contribution in [0.25, 0.3) is 11.3 Å². The van der Waals surface area contributed by atoms with Gasteiger partial charge in [-0.2, -0.15) is 5.26 Å². The third-order valence-corrected chi connectivity index (χ3v) is 2.55. The molecule has 0 saturated heterocycles. The zero-order valence-electron chi connectivity index (χ0n) is 10.5. The van der Waals surface area contributed by atoms with Gasteiger partial charge in [0, 0.05) is 5.56 Å². The Morgan fingerprint density at radius 3 is 2.63 bits per heavy atom. The highest BCUT2D eigenvalue weighted by Gasteiger charge is 2.15. The van der Waals surface area contributed by atoms with Crippen LogP contribution in [0, 0.1) is 11.3 Å². The Morgan fingerprint density at radius 1 is 1.26 bits per heavy atom. The van der Waals surface area contributed by atoms with E-state index in [4.69, 9.17) is 10.00 Å². The summed E-state index contributed by atoms with van der Waals surface area (Å²) in [4.78, 5) is 16.0. The Bertz CT molecular complexity index is 630. The smallest absolute Gasteiger partial charge is 0.358 e. The van der Waals surface area contributed by atoms with Gasteiger partial charge in [-0.15, -0.1) is 0 Å². The second-order valence-corrected chi connectivity index (χ2v) is 3.79. The van der Waals surface area contributed by atoms with Crippen LogP contribution in [0.3, 0.4) is 0 Å². The van der Waals surface area contributed by atoms with E-state index in [1.165, 1.54) is 0 Å². The van der Waals surface area contributed by atoms with Crippen molar-refractivity contribution in [2.24, 2.45) is 0 Å². The molecule has 0 aliphatic rings. The van der Waals surface area contributed by atoms with Crippen molar-refractivity contribution in [3.8, 4) is 17.3 Å². The van der Waals surface area contributed by atoms with Crippen molar-refractivity contribution in [1.82, 2.24) is 4.98 Å². The van der Waals surface area contributed by atoms with Gasteiger partial charge in [0.15, 0.2) is 5.69 Å². The summed E-state index contributed by atoms with van der Waals surface area (Å²) >= 11 is 0. The van der Waals surface area contributed by atoms with Crippen molar-refractivity contribution in [1.29, 1.82) is 5.26 Å². The summed E-state index contributed by atoms with van der Waals surface area (Å²) in [5.41, 5.74) is 1.81. The van der Waals surface area contributed by atoms with Gasteiger partial charge in [-0.1, -0.05) is 30.3 Å². The summed E-state index contributed by atoms with van der Waals surface area (Å²) in [5.74, 6) is -0.572. The van der Waals surface area contributed by atoms with Crippen LogP contribution in [0.5, 0.6) is 0 Å². The van der Waals surface area contributed by atoms with Crippen LogP contribution >= 0.6 is 0 Å². The minimum atomic E-state index is -0.572. The lowest BCUT2D eigenvalue weighted by atomic mass is 10.1. The van der Waals surface area contributed by atoms with Gasteiger partial charge in [-0.05, 0) is 19.1 Å². The SMILES string of the molecule is CCOC(=O)c1nc(-c2ccccc2)ccc1C#N. The number of ether oxygens (including phenoxy) is 1. The minimum Gasteiger partial charge on any atom is -0.461 e. The number of rotatable bonds is 3. The van der Waals surface area contributed by atoms with Gasteiger partial charge in [0.2, 0.25) is 0 Å². The van der Waals surface area contributed by atoms with Crippen molar-refractivity contribution in [2.45, 2.75) is 6.92 Å². The van der Waals surface area contributed by atoms with Crippen molar-refractivity contribution >= 4 is 5.97 Å². The molecule has 94 valence electrons. The Balaban J connectivity index is 2.48. The number of hydrogen-bond donors (Lipinski definition) is 0. The van der Waals surface area contributed by atoms with Crippen LogP contribution in [0.4, 0.5) is 0 Å². The summed E-state index contributed by atoms with van der Waals surface area (Å²) in [5, 5.41) is 9.00. The predicted molar refractivity (Wildman–Crippen MR) is 70.3 cm³/mol. The quantitative estimate of drug-likeness (QED) is 0.788. The van der Waals surface area contributed by atoms with Crippen LogP contribution in [0.15, 0.2) is 42.5 Å². The largest absolute Gasteiger partial charge is 0.461 e. The van der Waals surface area contributed by atoms with Gasteiger partial charge in [-0.3, -0.25) is 0 Å². The molecule has 0 N–H and O–H groups in total. The molecule has 0 spiro atoms. The Labute approximate surface area is 111 Å². The second kappa shape index (κ2) is 5.78. The molecular weight excluding hydrogens is 240 g/mol. The fourth-order valence-corrected chi connectivity index (χ4v) is 1.67. The normalized spacial score (nSPS) is 9.68. The number of nitriles is 1. The van der Waals surface area contributed by atoms with E-state index in [9.17, 15) is 4.79 Å². The summed E-state index contributed by atoms with van der Waals surface area (Å²) in [7, 11) is 0. The van der Waals surface area contributed by atoms with Crippen molar-refractivity contribution in [3.63, 3.8) is 0 Å². The van der Waals surface area contributed by atoms with E-state index in [1.807, 2.05) is 36.4 Å². The van der Waals surface area contributed by atoms with Crippen LogP contribution < -0.4 is 0 Å². The topological polar surface area (TPSA) is 63.0 Å². The Kier molecular flexibility index (Phi) is 3.89. The van der Waals surface area contributed by atoms with E-state index in [0.29, 0.717) is 5.69 Å². The number of hydrogen-bond acceptors (Lipinski definition) is 4. The molecule has 2 rings (SSSR count). The predicted octanol–water partition coefficient (Wildman–Crippen LogP) is 2.80.